The number of aromatic hydroxyl groups is 1. The lowest BCUT2D eigenvalue weighted by molar-refractivity contribution is -0.113. The van der Waals surface area contributed by atoms with Gasteiger partial charge in [0.15, 0.2) is 11.6 Å². The maximum absolute atomic E-state index is 14.1. The van der Waals surface area contributed by atoms with Crippen molar-refractivity contribution in [2.24, 2.45) is 4.99 Å². The second-order valence-corrected chi connectivity index (χ2v) is 5.61. The van der Waals surface area contributed by atoms with Crippen molar-refractivity contribution in [3.8, 4) is 5.75 Å². The van der Waals surface area contributed by atoms with Gasteiger partial charge >= 0.3 is 0 Å². The number of amides is 1. The number of nitrogens with zero attached hydrogens (tertiary/aromatic N) is 3. The minimum atomic E-state index is -0.638. The first-order chi connectivity index (χ1) is 13.5. The van der Waals surface area contributed by atoms with Crippen LogP contribution in [-0.4, -0.2) is 34.2 Å². The van der Waals surface area contributed by atoms with Crippen LogP contribution in [0.4, 0.5) is 33.2 Å². The molecule has 0 saturated carbocycles. The van der Waals surface area contributed by atoms with Crippen molar-refractivity contribution in [2.75, 3.05) is 17.7 Å². The lowest BCUT2D eigenvalue weighted by Crippen LogP contribution is -2.18. The molecule has 8 nitrogen and oxygen atoms in total. The summed E-state index contributed by atoms with van der Waals surface area (Å²) in [7, 11) is 1.51. The molecule has 142 valence electrons. The van der Waals surface area contributed by atoms with Crippen LogP contribution >= 0.6 is 0 Å². The van der Waals surface area contributed by atoms with Crippen LogP contribution in [0, 0.1) is 5.82 Å². The highest BCUT2D eigenvalue weighted by molar-refractivity contribution is 6.26. The molecule has 28 heavy (non-hydrogen) atoms. The van der Waals surface area contributed by atoms with Gasteiger partial charge in [-0.1, -0.05) is 12.1 Å². The predicted octanol–water partition coefficient (Wildman–Crippen LogP) is 3.26. The van der Waals surface area contributed by atoms with Crippen molar-refractivity contribution in [3.05, 3.63) is 60.5 Å². The van der Waals surface area contributed by atoms with E-state index in [0.29, 0.717) is 17.1 Å². The Labute approximate surface area is 160 Å². The number of phenols is 1. The Balaban J connectivity index is 1.79. The highest BCUT2D eigenvalue weighted by Crippen LogP contribution is 2.24. The van der Waals surface area contributed by atoms with Crippen LogP contribution in [0.15, 0.2) is 59.7 Å². The van der Waals surface area contributed by atoms with Crippen LogP contribution in [0.1, 0.15) is 0 Å². The van der Waals surface area contributed by atoms with Crippen LogP contribution in [0.5, 0.6) is 5.75 Å². The third kappa shape index (κ3) is 5.01. The van der Waals surface area contributed by atoms with Gasteiger partial charge in [0.1, 0.15) is 5.75 Å². The van der Waals surface area contributed by atoms with Crippen LogP contribution in [0.25, 0.3) is 0 Å². The minimum absolute atomic E-state index is 0.0370. The molecule has 9 heteroatoms. The van der Waals surface area contributed by atoms with E-state index in [4.69, 9.17) is 0 Å². The van der Waals surface area contributed by atoms with E-state index in [9.17, 15) is 14.3 Å². The number of hydrogen-bond acceptors (Lipinski definition) is 7. The second-order valence-electron chi connectivity index (χ2n) is 5.61. The quantitative estimate of drug-likeness (QED) is 0.489. The van der Waals surface area contributed by atoms with E-state index >= 15 is 0 Å². The number of halogens is 1. The fourth-order valence-electron chi connectivity index (χ4n) is 2.23. The lowest BCUT2D eigenvalue weighted by atomic mass is 10.3. The van der Waals surface area contributed by atoms with E-state index < -0.39 is 5.82 Å². The lowest BCUT2D eigenvalue weighted by Gasteiger charge is -2.10. The Kier molecular flexibility index (Phi) is 5.75. The van der Waals surface area contributed by atoms with E-state index in [1.807, 2.05) is 0 Å². The summed E-state index contributed by atoms with van der Waals surface area (Å²) < 4.78 is 14.1. The summed E-state index contributed by atoms with van der Waals surface area (Å²) in [5.41, 5.74) is 1.61. The van der Waals surface area contributed by atoms with Crippen LogP contribution in [0.2, 0.25) is 0 Å². The maximum Gasteiger partial charge on any atom is 0.262 e. The van der Waals surface area contributed by atoms with Crippen molar-refractivity contribution in [1.82, 2.24) is 15.3 Å². The Morgan fingerprint density at radius 3 is 2.64 bits per heavy atom. The topological polar surface area (TPSA) is 112 Å². The van der Waals surface area contributed by atoms with Gasteiger partial charge in [-0.15, -0.1) is 0 Å². The second kappa shape index (κ2) is 8.58. The summed E-state index contributed by atoms with van der Waals surface area (Å²) in [5, 5.41) is 17.7. The molecule has 3 rings (SSSR count). The van der Waals surface area contributed by atoms with Crippen molar-refractivity contribution < 1.29 is 14.3 Å². The molecule has 1 aromatic heterocycles. The molecular formula is C19H17FN6O2. The standard InChI is InChI=1S/C19H17FN6O2/c1-21-17(28)11-22-12-4-2-5-13(8-12)24-18-16(20)10-23-19(26-18)25-14-6-3-7-15(27)9-14/h2-11,27H,1H3,(H,21,28)(H2,23,24,25,26)/b22-11+. The van der Waals surface area contributed by atoms with Crippen LogP contribution < -0.4 is 16.0 Å². The first-order valence-corrected chi connectivity index (χ1v) is 8.25. The predicted molar refractivity (Wildman–Crippen MR) is 105 cm³/mol. The zero-order valence-corrected chi connectivity index (χ0v) is 14.8. The Morgan fingerprint density at radius 2 is 1.89 bits per heavy atom. The minimum Gasteiger partial charge on any atom is -0.508 e. The molecule has 0 unspecified atom stereocenters. The molecular weight excluding hydrogens is 363 g/mol. The molecule has 3 aromatic rings. The van der Waals surface area contributed by atoms with Gasteiger partial charge in [0.25, 0.3) is 5.91 Å². The number of anilines is 4. The molecule has 1 amide bonds. The molecule has 4 N–H and O–H groups in total. The van der Waals surface area contributed by atoms with E-state index in [-0.39, 0.29) is 23.4 Å². The van der Waals surface area contributed by atoms with Gasteiger partial charge in [-0.05, 0) is 30.3 Å². The first kappa shape index (κ1) is 18.8. The van der Waals surface area contributed by atoms with Crippen molar-refractivity contribution in [2.45, 2.75) is 0 Å². The normalized spacial score (nSPS) is 10.6. The molecule has 0 spiro atoms. The molecule has 1 heterocycles. The molecule has 2 aromatic carbocycles. The molecule has 0 aliphatic heterocycles. The van der Waals surface area contributed by atoms with E-state index in [1.165, 1.54) is 19.2 Å². The number of carbonyl (C=O) groups is 1. The summed E-state index contributed by atoms with van der Waals surface area (Å²) in [6.07, 6.45) is 2.19. The van der Waals surface area contributed by atoms with Crippen LogP contribution in [-0.2, 0) is 4.79 Å². The fourth-order valence-corrected chi connectivity index (χ4v) is 2.23. The van der Waals surface area contributed by atoms with Gasteiger partial charge in [-0.25, -0.2) is 9.37 Å². The third-order valence-corrected chi connectivity index (χ3v) is 3.53. The van der Waals surface area contributed by atoms with E-state index in [2.05, 4.69) is 30.9 Å². The van der Waals surface area contributed by atoms with Crippen molar-refractivity contribution in [3.63, 3.8) is 0 Å². The van der Waals surface area contributed by atoms with Gasteiger partial charge in [-0.2, -0.15) is 4.98 Å². The van der Waals surface area contributed by atoms with Gasteiger partial charge in [0.2, 0.25) is 5.95 Å². The summed E-state index contributed by atoms with van der Waals surface area (Å²) in [6, 6.07) is 13.2. The van der Waals surface area contributed by atoms with Crippen molar-refractivity contribution >= 4 is 41.0 Å². The smallest absolute Gasteiger partial charge is 0.262 e. The molecule has 0 saturated heterocycles. The molecule has 0 aliphatic rings. The average Bonchev–Trinajstić information content (AvgIpc) is 2.69. The molecule has 0 atom stereocenters. The number of carbonyl (C=O) groups excluding carboxylic acids is 1. The van der Waals surface area contributed by atoms with E-state index in [1.54, 1.807) is 36.4 Å². The Morgan fingerprint density at radius 1 is 1.14 bits per heavy atom. The number of benzene rings is 2. The fraction of sp³-hybridized carbons (Fsp3) is 0.0526. The number of rotatable bonds is 6. The highest BCUT2D eigenvalue weighted by atomic mass is 19.1. The summed E-state index contributed by atoms with van der Waals surface area (Å²) in [4.78, 5) is 23.3. The Bertz CT molecular complexity index is 1020. The number of hydrogen-bond donors (Lipinski definition) is 4. The van der Waals surface area contributed by atoms with E-state index in [0.717, 1.165) is 12.4 Å². The third-order valence-electron chi connectivity index (χ3n) is 3.53. The summed E-state index contributed by atoms with van der Waals surface area (Å²) in [6.45, 7) is 0. The Hall–Kier alpha value is -4.01. The number of aliphatic imine (C=N–C) groups is 1. The average molecular weight is 380 g/mol. The van der Waals surface area contributed by atoms with Gasteiger partial charge < -0.3 is 21.1 Å². The van der Waals surface area contributed by atoms with Gasteiger partial charge in [0, 0.05) is 24.5 Å². The molecule has 0 aliphatic carbocycles. The zero-order valence-electron chi connectivity index (χ0n) is 14.8. The number of nitrogens with one attached hydrogen (secondary N) is 3. The first-order valence-electron chi connectivity index (χ1n) is 8.25. The van der Waals surface area contributed by atoms with Crippen LogP contribution in [0.3, 0.4) is 0 Å². The molecule has 0 bridgehead atoms. The van der Waals surface area contributed by atoms with Crippen molar-refractivity contribution in [1.29, 1.82) is 0 Å². The number of aromatic nitrogens is 2. The highest BCUT2D eigenvalue weighted by Gasteiger charge is 2.08. The summed E-state index contributed by atoms with van der Waals surface area (Å²) >= 11 is 0. The maximum atomic E-state index is 14.1. The number of phenolic OH excluding ortho intramolecular Hbond substituents is 1. The molecule has 0 fully saturated rings. The molecule has 0 radical (unpaired) electrons. The van der Waals surface area contributed by atoms with Gasteiger partial charge in [0.05, 0.1) is 18.1 Å². The monoisotopic (exact) mass is 380 g/mol. The largest absolute Gasteiger partial charge is 0.508 e. The SMILES string of the molecule is CNC(=O)/C=N/c1cccc(Nc2nc(Nc3cccc(O)c3)ncc2F)c1. The van der Waals surface area contributed by atoms with Gasteiger partial charge in [-0.3, -0.25) is 9.79 Å². The zero-order chi connectivity index (χ0) is 19.9. The summed E-state index contributed by atoms with van der Waals surface area (Å²) in [5.74, 6) is -0.767.